The van der Waals surface area contributed by atoms with E-state index in [2.05, 4.69) is 25.3 Å². The van der Waals surface area contributed by atoms with Gasteiger partial charge >= 0.3 is 0 Å². The highest BCUT2D eigenvalue weighted by Gasteiger charge is 2.25. The van der Waals surface area contributed by atoms with Crippen LogP contribution in [0.15, 0.2) is 49.1 Å². The molecule has 10 heteroatoms. The number of piperidine rings is 1. The lowest BCUT2D eigenvalue weighted by Crippen LogP contribution is -2.43. The summed E-state index contributed by atoms with van der Waals surface area (Å²) in [6.45, 7) is 1.90. The van der Waals surface area contributed by atoms with Gasteiger partial charge in [-0.1, -0.05) is 12.1 Å². The first-order chi connectivity index (χ1) is 16.5. The van der Waals surface area contributed by atoms with Gasteiger partial charge in [0.2, 0.25) is 0 Å². The van der Waals surface area contributed by atoms with E-state index in [0.717, 1.165) is 36.0 Å². The fraction of sp³-hybridized carbons (Fsp3) is 0.292. The number of carbonyl (C=O) groups excluding carboxylic acids is 1. The van der Waals surface area contributed by atoms with Crippen molar-refractivity contribution in [3.8, 4) is 5.75 Å². The Kier molecular flexibility index (Phi) is 5.89. The Bertz CT molecular complexity index is 1330. The molecule has 1 aliphatic heterocycles. The number of benzene rings is 1. The van der Waals surface area contributed by atoms with E-state index >= 15 is 0 Å². The topological polar surface area (TPSA) is 114 Å². The Morgan fingerprint density at radius 1 is 1.38 bits per heavy atom. The van der Waals surface area contributed by atoms with Crippen molar-refractivity contribution in [2.24, 2.45) is 5.73 Å². The van der Waals surface area contributed by atoms with Crippen LogP contribution >= 0.6 is 0 Å². The van der Waals surface area contributed by atoms with Gasteiger partial charge < -0.3 is 25.7 Å². The molecular weight excluding hydrogens is 437 g/mol. The van der Waals surface area contributed by atoms with E-state index in [4.69, 9.17) is 10.5 Å². The third-order valence-electron chi connectivity index (χ3n) is 6.01. The second kappa shape index (κ2) is 9.14. The van der Waals surface area contributed by atoms with E-state index in [1.807, 2.05) is 6.07 Å². The Morgan fingerprint density at radius 3 is 3.06 bits per heavy atom. The van der Waals surface area contributed by atoms with Gasteiger partial charge in [0.1, 0.15) is 11.5 Å². The second-order valence-corrected chi connectivity index (χ2v) is 8.46. The third kappa shape index (κ3) is 4.32. The van der Waals surface area contributed by atoms with Crippen molar-refractivity contribution in [1.82, 2.24) is 19.7 Å². The van der Waals surface area contributed by atoms with Gasteiger partial charge in [-0.05, 0) is 30.5 Å². The van der Waals surface area contributed by atoms with Gasteiger partial charge in [0.25, 0.3) is 5.91 Å². The standard InChI is InChI=1S/C24H26FN7O2/c1-34-20-11-28-23-21(22(20)31-7-3-6-18(26)14-31)19(10-27-23)30-24(33)16-9-29-32(13-16)12-15-4-2-5-17(25)8-15/h2,4-5,8-11,13,18H,3,6-7,12,14,26H2,1H3,(H,27,28)(H,30,33)/t18-/m1/s1. The highest BCUT2D eigenvalue weighted by Crippen LogP contribution is 2.40. The summed E-state index contributed by atoms with van der Waals surface area (Å²) < 4.78 is 20.7. The number of anilines is 2. The summed E-state index contributed by atoms with van der Waals surface area (Å²) in [6.07, 6.45) is 8.48. The molecule has 3 aromatic heterocycles. The predicted molar refractivity (Wildman–Crippen MR) is 128 cm³/mol. The molecule has 0 unspecified atom stereocenters. The number of pyridine rings is 1. The minimum atomic E-state index is -0.310. The first-order valence-electron chi connectivity index (χ1n) is 11.1. The maximum Gasteiger partial charge on any atom is 0.258 e. The molecule has 4 aromatic rings. The zero-order valence-electron chi connectivity index (χ0n) is 18.8. The SMILES string of the molecule is COc1cnc2[nH]cc(NC(=O)c3cnn(Cc4cccc(F)c4)c3)c2c1N1CCC[C@@H](N)C1. The lowest BCUT2D eigenvalue weighted by atomic mass is 10.0. The van der Waals surface area contributed by atoms with Gasteiger partial charge in [0.05, 0.1) is 48.4 Å². The molecule has 1 saturated heterocycles. The molecule has 4 heterocycles. The van der Waals surface area contributed by atoms with Crippen LogP contribution in [0.1, 0.15) is 28.8 Å². The molecule has 0 aliphatic carbocycles. The van der Waals surface area contributed by atoms with E-state index in [-0.39, 0.29) is 17.8 Å². The third-order valence-corrected chi connectivity index (χ3v) is 6.01. The molecule has 0 radical (unpaired) electrons. The van der Waals surface area contributed by atoms with Crippen molar-refractivity contribution in [2.45, 2.75) is 25.4 Å². The minimum absolute atomic E-state index is 0.0718. The Balaban J connectivity index is 1.42. The highest BCUT2D eigenvalue weighted by molar-refractivity contribution is 6.12. The maximum atomic E-state index is 13.5. The number of fused-ring (bicyclic) bond motifs is 1. The van der Waals surface area contributed by atoms with Crippen molar-refractivity contribution in [3.05, 3.63) is 66.0 Å². The Hall–Kier alpha value is -3.92. The quantitative estimate of drug-likeness (QED) is 0.405. The molecule has 4 N–H and O–H groups in total. The molecule has 1 aliphatic rings. The number of methoxy groups -OCH3 is 1. The number of hydrogen-bond acceptors (Lipinski definition) is 6. The van der Waals surface area contributed by atoms with Crippen LogP contribution in [0.2, 0.25) is 0 Å². The van der Waals surface area contributed by atoms with Crippen LogP contribution < -0.4 is 20.7 Å². The summed E-state index contributed by atoms with van der Waals surface area (Å²) in [6, 6.07) is 6.37. The molecule has 1 atom stereocenters. The fourth-order valence-electron chi connectivity index (χ4n) is 4.42. The number of halogens is 1. The predicted octanol–water partition coefficient (Wildman–Crippen LogP) is 3.14. The van der Waals surface area contributed by atoms with Gasteiger partial charge in [-0.2, -0.15) is 5.10 Å². The average Bonchev–Trinajstić information content (AvgIpc) is 3.46. The smallest absolute Gasteiger partial charge is 0.258 e. The van der Waals surface area contributed by atoms with Crippen molar-refractivity contribution < 1.29 is 13.9 Å². The van der Waals surface area contributed by atoms with Gasteiger partial charge in [0.15, 0.2) is 5.75 Å². The van der Waals surface area contributed by atoms with Gasteiger partial charge in [-0.3, -0.25) is 9.48 Å². The number of aromatic nitrogens is 4. The van der Waals surface area contributed by atoms with Crippen LogP contribution in [0.25, 0.3) is 11.0 Å². The molecule has 5 rings (SSSR count). The van der Waals surface area contributed by atoms with Crippen LogP contribution in [-0.4, -0.2) is 51.9 Å². The summed E-state index contributed by atoms with van der Waals surface area (Å²) in [4.78, 5) is 22.8. The zero-order valence-corrected chi connectivity index (χ0v) is 18.8. The number of carbonyl (C=O) groups is 1. The molecule has 1 amide bonds. The average molecular weight is 464 g/mol. The molecule has 9 nitrogen and oxygen atoms in total. The molecule has 0 spiro atoms. The molecule has 0 saturated carbocycles. The molecule has 1 fully saturated rings. The van der Waals surface area contributed by atoms with E-state index in [1.54, 1.807) is 36.4 Å². The lowest BCUT2D eigenvalue weighted by molar-refractivity contribution is 0.102. The number of aromatic amines is 1. The first kappa shape index (κ1) is 21.9. The fourth-order valence-corrected chi connectivity index (χ4v) is 4.42. The second-order valence-electron chi connectivity index (χ2n) is 8.46. The van der Waals surface area contributed by atoms with Crippen LogP contribution in [0, 0.1) is 5.82 Å². The largest absolute Gasteiger partial charge is 0.493 e. The minimum Gasteiger partial charge on any atom is -0.493 e. The van der Waals surface area contributed by atoms with E-state index in [9.17, 15) is 9.18 Å². The van der Waals surface area contributed by atoms with Gasteiger partial charge in [-0.15, -0.1) is 0 Å². The van der Waals surface area contributed by atoms with Crippen LogP contribution in [0.5, 0.6) is 5.75 Å². The highest BCUT2D eigenvalue weighted by atomic mass is 19.1. The van der Waals surface area contributed by atoms with Crippen LogP contribution in [-0.2, 0) is 6.54 Å². The van der Waals surface area contributed by atoms with Crippen LogP contribution in [0.3, 0.4) is 0 Å². The summed E-state index contributed by atoms with van der Waals surface area (Å²) in [5.74, 6) is 0.00609. The van der Waals surface area contributed by atoms with Crippen molar-refractivity contribution in [2.75, 3.05) is 30.4 Å². The van der Waals surface area contributed by atoms with Crippen molar-refractivity contribution >= 4 is 28.3 Å². The first-order valence-corrected chi connectivity index (χ1v) is 11.1. The summed E-state index contributed by atoms with van der Waals surface area (Å²) in [5, 5.41) is 8.00. The summed E-state index contributed by atoms with van der Waals surface area (Å²) >= 11 is 0. The molecule has 176 valence electrons. The molecule has 1 aromatic carbocycles. The van der Waals surface area contributed by atoms with Crippen LogP contribution in [0.4, 0.5) is 15.8 Å². The molecule has 0 bridgehead atoms. The van der Waals surface area contributed by atoms with Crippen molar-refractivity contribution in [1.29, 1.82) is 0 Å². The van der Waals surface area contributed by atoms with E-state index in [0.29, 0.717) is 35.7 Å². The number of hydrogen-bond donors (Lipinski definition) is 3. The number of nitrogens with zero attached hydrogens (tertiary/aromatic N) is 4. The number of ether oxygens (including phenoxy) is 1. The number of nitrogens with one attached hydrogen (secondary N) is 2. The number of nitrogens with two attached hydrogens (primary N) is 1. The lowest BCUT2D eigenvalue weighted by Gasteiger charge is -2.34. The number of amides is 1. The summed E-state index contributed by atoms with van der Waals surface area (Å²) in [7, 11) is 1.61. The molecular formula is C24H26FN7O2. The van der Waals surface area contributed by atoms with Gasteiger partial charge in [0, 0.05) is 31.5 Å². The Labute approximate surface area is 195 Å². The van der Waals surface area contributed by atoms with E-state index in [1.165, 1.54) is 18.3 Å². The summed E-state index contributed by atoms with van der Waals surface area (Å²) in [5.41, 5.74) is 9.48. The van der Waals surface area contributed by atoms with Crippen molar-refractivity contribution in [3.63, 3.8) is 0 Å². The van der Waals surface area contributed by atoms with E-state index < -0.39 is 0 Å². The normalized spacial score (nSPS) is 16.1. The Morgan fingerprint density at radius 2 is 2.26 bits per heavy atom. The molecule has 34 heavy (non-hydrogen) atoms. The van der Waals surface area contributed by atoms with Gasteiger partial charge in [-0.25, -0.2) is 9.37 Å². The number of rotatable bonds is 6. The monoisotopic (exact) mass is 463 g/mol. The maximum absolute atomic E-state index is 13.5. The number of H-pyrrole nitrogens is 1. The zero-order chi connectivity index (χ0) is 23.7.